The first-order valence-electron chi connectivity index (χ1n) is 10.5. The van der Waals surface area contributed by atoms with Gasteiger partial charge >= 0.3 is 0 Å². The third kappa shape index (κ3) is 1.78. The molecule has 2 N–H and O–H groups in total. The Morgan fingerprint density at radius 1 is 0.467 bits per heavy atom. The molecule has 0 saturated carbocycles. The van der Waals surface area contributed by atoms with Gasteiger partial charge in [0.1, 0.15) is 0 Å². The van der Waals surface area contributed by atoms with E-state index in [0.29, 0.717) is 0 Å². The van der Waals surface area contributed by atoms with Crippen molar-refractivity contribution in [3.8, 4) is 0 Å². The fraction of sp³-hybridized carbons (Fsp3) is 0.143. The van der Waals surface area contributed by atoms with E-state index >= 15 is 0 Å². The predicted molar refractivity (Wildman–Crippen MR) is 126 cm³/mol. The smallest absolute Gasteiger partial charge is 0.0768 e. The Labute approximate surface area is 173 Å². The largest absolute Gasteiger partial charge is 0.389 e. The molecule has 0 heterocycles. The van der Waals surface area contributed by atoms with Crippen molar-refractivity contribution in [3.63, 3.8) is 0 Å². The summed E-state index contributed by atoms with van der Waals surface area (Å²) in [6.07, 6.45) is -1.06. The summed E-state index contributed by atoms with van der Waals surface area (Å²) in [5.74, 6) is 0. The highest BCUT2D eigenvalue weighted by Crippen LogP contribution is 2.50. The Morgan fingerprint density at radius 3 is 1.20 bits per heavy atom. The van der Waals surface area contributed by atoms with Gasteiger partial charge in [-0.25, -0.2) is 0 Å². The summed E-state index contributed by atoms with van der Waals surface area (Å²) in [5, 5.41) is 35.7. The molecule has 2 heteroatoms. The van der Waals surface area contributed by atoms with Crippen molar-refractivity contribution in [1.82, 2.24) is 0 Å². The zero-order valence-electron chi connectivity index (χ0n) is 16.8. The summed E-state index contributed by atoms with van der Waals surface area (Å²) >= 11 is 0. The van der Waals surface area contributed by atoms with E-state index in [1.165, 1.54) is 43.1 Å². The van der Waals surface area contributed by atoms with Crippen LogP contribution in [0, 0.1) is 0 Å². The number of rotatable bonds is 2. The first kappa shape index (κ1) is 16.6. The van der Waals surface area contributed by atoms with Crippen LogP contribution in [0.15, 0.2) is 60.7 Å². The molecule has 7 rings (SSSR count). The lowest BCUT2D eigenvalue weighted by molar-refractivity contribution is 0.200. The van der Waals surface area contributed by atoms with Crippen LogP contribution >= 0.6 is 0 Å². The minimum absolute atomic E-state index is 0.531. The molecule has 0 spiro atoms. The Bertz CT molecular complexity index is 1590. The van der Waals surface area contributed by atoms with E-state index < -0.39 is 12.2 Å². The summed E-state index contributed by atoms with van der Waals surface area (Å²) in [7, 11) is 0. The van der Waals surface area contributed by atoms with E-state index in [9.17, 15) is 10.2 Å². The van der Waals surface area contributed by atoms with E-state index in [1.807, 2.05) is 13.8 Å². The second-order valence-corrected chi connectivity index (χ2v) is 8.78. The van der Waals surface area contributed by atoms with Crippen LogP contribution in [0.5, 0.6) is 0 Å². The standard InChI is InChI=1S/C28H20O2/c1-13(29)21-11-17-5-3-16-8-10-20-22(14(2)30)12-18-6-4-15-7-9-19(21)27-23(15)26(18)28(20)24(16)25(17)27/h3-14,29-30H,1-2H3. The average Bonchev–Trinajstić information content (AvgIpc) is 2.75. The number of hydrogen-bond donors (Lipinski definition) is 2. The van der Waals surface area contributed by atoms with Gasteiger partial charge in [0.15, 0.2) is 0 Å². The van der Waals surface area contributed by atoms with Crippen LogP contribution in [-0.2, 0) is 0 Å². The second-order valence-electron chi connectivity index (χ2n) is 8.78. The maximum atomic E-state index is 10.5. The summed E-state index contributed by atoms with van der Waals surface area (Å²) in [6, 6.07) is 21.7. The van der Waals surface area contributed by atoms with Crippen molar-refractivity contribution in [2.45, 2.75) is 26.1 Å². The van der Waals surface area contributed by atoms with Gasteiger partial charge in [-0.15, -0.1) is 0 Å². The van der Waals surface area contributed by atoms with Crippen molar-refractivity contribution in [1.29, 1.82) is 0 Å². The zero-order chi connectivity index (χ0) is 20.3. The highest BCUT2D eigenvalue weighted by Gasteiger charge is 2.23. The van der Waals surface area contributed by atoms with Crippen LogP contribution in [0.3, 0.4) is 0 Å². The molecule has 144 valence electrons. The van der Waals surface area contributed by atoms with E-state index in [4.69, 9.17) is 0 Å². The molecule has 0 aliphatic rings. The van der Waals surface area contributed by atoms with Gasteiger partial charge < -0.3 is 10.2 Å². The van der Waals surface area contributed by atoms with E-state index in [0.717, 1.165) is 32.7 Å². The van der Waals surface area contributed by atoms with E-state index in [1.54, 1.807) is 0 Å². The molecule has 2 nitrogen and oxygen atoms in total. The van der Waals surface area contributed by atoms with Crippen molar-refractivity contribution < 1.29 is 10.2 Å². The normalized spacial score (nSPS) is 15.1. The van der Waals surface area contributed by atoms with Crippen molar-refractivity contribution >= 4 is 64.6 Å². The van der Waals surface area contributed by atoms with Crippen LogP contribution in [0.2, 0.25) is 0 Å². The molecule has 7 aromatic rings. The van der Waals surface area contributed by atoms with Crippen LogP contribution < -0.4 is 0 Å². The quantitative estimate of drug-likeness (QED) is 0.247. The molecule has 0 aromatic heterocycles. The van der Waals surface area contributed by atoms with Crippen LogP contribution in [0.25, 0.3) is 64.6 Å². The Hall–Kier alpha value is -3.20. The lowest BCUT2D eigenvalue weighted by Gasteiger charge is -2.24. The topological polar surface area (TPSA) is 40.5 Å². The predicted octanol–water partition coefficient (Wildman–Crippen LogP) is 7.03. The van der Waals surface area contributed by atoms with Gasteiger partial charge in [-0.2, -0.15) is 0 Å². The van der Waals surface area contributed by atoms with Gasteiger partial charge in [-0.05, 0) is 102 Å². The monoisotopic (exact) mass is 388 g/mol. The summed E-state index contributed by atoms with van der Waals surface area (Å²) < 4.78 is 0. The van der Waals surface area contributed by atoms with Gasteiger partial charge in [-0.3, -0.25) is 0 Å². The van der Waals surface area contributed by atoms with Gasteiger partial charge in [0.05, 0.1) is 12.2 Å². The highest BCUT2D eigenvalue weighted by atomic mass is 16.3. The highest BCUT2D eigenvalue weighted by molar-refractivity contribution is 6.45. The van der Waals surface area contributed by atoms with E-state index in [2.05, 4.69) is 60.7 Å². The van der Waals surface area contributed by atoms with E-state index in [-0.39, 0.29) is 0 Å². The van der Waals surface area contributed by atoms with Gasteiger partial charge in [0.2, 0.25) is 0 Å². The summed E-state index contributed by atoms with van der Waals surface area (Å²) in [5.41, 5.74) is 1.96. The van der Waals surface area contributed by atoms with Crippen LogP contribution in [0.1, 0.15) is 37.2 Å². The molecule has 2 unspecified atom stereocenters. The third-order valence-electron chi connectivity index (χ3n) is 7.08. The molecular weight excluding hydrogens is 368 g/mol. The Balaban J connectivity index is 1.95. The maximum absolute atomic E-state index is 10.5. The number of hydrogen-bond acceptors (Lipinski definition) is 2. The zero-order valence-corrected chi connectivity index (χ0v) is 16.8. The van der Waals surface area contributed by atoms with Crippen molar-refractivity contribution in [2.75, 3.05) is 0 Å². The Kier molecular flexibility index (Phi) is 2.92. The molecule has 0 amide bonds. The first-order valence-corrected chi connectivity index (χ1v) is 10.5. The minimum Gasteiger partial charge on any atom is -0.389 e. The van der Waals surface area contributed by atoms with Crippen LogP contribution in [-0.4, -0.2) is 10.2 Å². The maximum Gasteiger partial charge on any atom is 0.0768 e. The molecule has 0 saturated heterocycles. The minimum atomic E-state index is -0.531. The fourth-order valence-corrected chi connectivity index (χ4v) is 5.83. The molecule has 0 aliphatic carbocycles. The molecular formula is C28H20O2. The molecule has 2 atom stereocenters. The van der Waals surface area contributed by atoms with Crippen LogP contribution in [0.4, 0.5) is 0 Å². The molecule has 0 bridgehead atoms. The van der Waals surface area contributed by atoms with Crippen molar-refractivity contribution in [3.05, 3.63) is 71.8 Å². The Morgan fingerprint density at radius 2 is 0.800 bits per heavy atom. The number of benzene rings is 7. The molecule has 0 aliphatic heterocycles. The first-order chi connectivity index (χ1) is 14.5. The second kappa shape index (κ2) is 5.28. The SMILES string of the molecule is CC(O)c1cc2ccc3ccc4c(C(C)O)cc5ccc6ccc1c1c6c5c4c3c21. The van der Waals surface area contributed by atoms with Gasteiger partial charge in [0.25, 0.3) is 0 Å². The fourth-order valence-electron chi connectivity index (χ4n) is 5.83. The van der Waals surface area contributed by atoms with Gasteiger partial charge in [0, 0.05) is 0 Å². The molecule has 30 heavy (non-hydrogen) atoms. The van der Waals surface area contributed by atoms with Gasteiger partial charge in [-0.1, -0.05) is 48.5 Å². The molecule has 0 radical (unpaired) electrons. The lowest BCUT2D eigenvalue weighted by atomic mass is 9.80. The number of aliphatic hydroxyl groups is 2. The molecule has 7 aromatic carbocycles. The summed E-state index contributed by atoms with van der Waals surface area (Å²) in [6.45, 7) is 3.69. The summed E-state index contributed by atoms with van der Waals surface area (Å²) in [4.78, 5) is 0. The third-order valence-corrected chi connectivity index (χ3v) is 7.08. The van der Waals surface area contributed by atoms with Crippen molar-refractivity contribution in [2.24, 2.45) is 0 Å². The average molecular weight is 388 g/mol. The lowest BCUT2D eigenvalue weighted by Crippen LogP contribution is -2.00. The molecule has 0 fully saturated rings. The number of aliphatic hydroxyl groups excluding tert-OH is 2.